The molecule has 2 aromatic carbocycles. The van der Waals surface area contributed by atoms with Crippen molar-refractivity contribution in [2.45, 2.75) is 19.4 Å². The van der Waals surface area contributed by atoms with E-state index in [1.54, 1.807) is 44.4 Å². The van der Waals surface area contributed by atoms with Crippen LogP contribution in [0.15, 0.2) is 42.0 Å². The zero-order valence-electron chi connectivity index (χ0n) is 18.5. The zero-order chi connectivity index (χ0) is 23.4. The number of rotatable bonds is 8. The zero-order valence-corrected chi connectivity index (χ0v) is 18.5. The predicted molar refractivity (Wildman–Crippen MR) is 118 cm³/mol. The van der Waals surface area contributed by atoms with Crippen LogP contribution < -0.4 is 9.47 Å². The summed E-state index contributed by atoms with van der Waals surface area (Å²) in [5, 5.41) is 21.2. The number of hydrogen-bond donors (Lipinski definition) is 2. The summed E-state index contributed by atoms with van der Waals surface area (Å²) in [5.74, 6) is -1.00. The minimum Gasteiger partial charge on any atom is -0.507 e. The average molecular weight is 441 g/mol. The van der Waals surface area contributed by atoms with Gasteiger partial charge >= 0.3 is 0 Å². The largest absolute Gasteiger partial charge is 0.507 e. The van der Waals surface area contributed by atoms with E-state index in [1.165, 1.54) is 25.2 Å². The fourth-order valence-electron chi connectivity index (χ4n) is 3.87. The van der Waals surface area contributed by atoms with E-state index in [0.29, 0.717) is 35.5 Å². The highest BCUT2D eigenvalue weighted by atomic mass is 16.5. The molecule has 3 rings (SSSR count). The number of methoxy groups -OCH3 is 3. The van der Waals surface area contributed by atoms with Gasteiger partial charge < -0.3 is 29.3 Å². The van der Waals surface area contributed by atoms with Crippen LogP contribution in [0.4, 0.5) is 0 Å². The first-order chi connectivity index (χ1) is 15.3. The first-order valence-corrected chi connectivity index (χ1v) is 10.1. The Labute approximate surface area is 186 Å². The van der Waals surface area contributed by atoms with Gasteiger partial charge in [-0.15, -0.1) is 0 Å². The van der Waals surface area contributed by atoms with Crippen LogP contribution >= 0.6 is 0 Å². The molecule has 2 N–H and O–H groups in total. The van der Waals surface area contributed by atoms with Gasteiger partial charge in [0.1, 0.15) is 11.5 Å². The van der Waals surface area contributed by atoms with Gasteiger partial charge in [-0.3, -0.25) is 9.59 Å². The molecule has 1 aliphatic heterocycles. The van der Waals surface area contributed by atoms with Crippen molar-refractivity contribution >= 4 is 17.4 Å². The van der Waals surface area contributed by atoms with E-state index in [4.69, 9.17) is 14.2 Å². The van der Waals surface area contributed by atoms with Gasteiger partial charge in [0.2, 0.25) is 0 Å². The number of benzene rings is 2. The Morgan fingerprint density at radius 1 is 1.06 bits per heavy atom. The molecule has 1 saturated heterocycles. The molecule has 1 fully saturated rings. The van der Waals surface area contributed by atoms with Crippen LogP contribution in [0.3, 0.4) is 0 Å². The van der Waals surface area contributed by atoms with Gasteiger partial charge in [-0.2, -0.15) is 0 Å². The fraction of sp³-hybridized carbons (Fsp3) is 0.333. The lowest BCUT2D eigenvalue weighted by molar-refractivity contribution is -0.140. The van der Waals surface area contributed by atoms with Gasteiger partial charge in [0.15, 0.2) is 11.5 Å². The number of carbonyl (C=O) groups excluding carboxylic acids is 2. The third-order valence-electron chi connectivity index (χ3n) is 5.50. The molecule has 32 heavy (non-hydrogen) atoms. The highest BCUT2D eigenvalue weighted by Crippen LogP contribution is 2.42. The van der Waals surface area contributed by atoms with E-state index in [0.717, 1.165) is 0 Å². The van der Waals surface area contributed by atoms with E-state index in [2.05, 4.69) is 0 Å². The van der Waals surface area contributed by atoms with E-state index in [-0.39, 0.29) is 29.4 Å². The van der Waals surface area contributed by atoms with Crippen LogP contribution in [-0.4, -0.2) is 61.3 Å². The molecular weight excluding hydrogens is 414 g/mol. The number of hydrogen-bond acceptors (Lipinski definition) is 7. The third-order valence-corrected chi connectivity index (χ3v) is 5.50. The summed E-state index contributed by atoms with van der Waals surface area (Å²) in [5.41, 5.74) is 1.63. The van der Waals surface area contributed by atoms with Crippen molar-refractivity contribution in [3.05, 3.63) is 58.7 Å². The van der Waals surface area contributed by atoms with Crippen molar-refractivity contribution in [2.75, 3.05) is 34.5 Å². The quantitative estimate of drug-likeness (QED) is 0.281. The summed E-state index contributed by atoms with van der Waals surface area (Å²) in [6.45, 7) is 2.45. The monoisotopic (exact) mass is 441 g/mol. The summed E-state index contributed by atoms with van der Waals surface area (Å²) in [6, 6.07) is 8.81. The van der Waals surface area contributed by atoms with Crippen LogP contribution in [-0.2, 0) is 14.3 Å². The summed E-state index contributed by atoms with van der Waals surface area (Å²) >= 11 is 0. The Kier molecular flexibility index (Phi) is 7.05. The second kappa shape index (κ2) is 9.74. The minimum atomic E-state index is -0.845. The van der Waals surface area contributed by atoms with Crippen LogP contribution in [0, 0.1) is 6.92 Å². The summed E-state index contributed by atoms with van der Waals surface area (Å²) in [6.07, 6.45) is 0.511. The number of phenolic OH excluding ortho intramolecular Hbond substituents is 1. The summed E-state index contributed by atoms with van der Waals surface area (Å²) in [4.78, 5) is 27.4. The third kappa shape index (κ3) is 4.27. The average Bonchev–Trinajstić information content (AvgIpc) is 3.04. The van der Waals surface area contributed by atoms with Crippen molar-refractivity contribution in [3.8, 4) is 17.2 Å². The van der Waals surface area contributed by atoms with Gasteiger partial charge in [0.25, 0.3) is 11.7 Å². The van der Waals surface area contributed by atoms with E-state index in [1.807, 2.05) is 0 Å². The normalized spacial score (nSPS) is 17.6. The smallest absolute Gasteiger partial charge is 0.295 e. The predicted octanol–water partition coefficient (Wildman–Crippen LogP) is 3.18. The molecule has 1 heterocycles. The van der Waals surface area contributed by atoms with E-state index < -0.39 is 17.7 Å². The Hall–Kier alpha value is -3.52. The lowest BCUT2D eigenvalue weighted by atomic mass is 9.93. The number of amides is 1. The van der Waals surface area contributed by atoms with Crippen LogP contribution in [0.1, 0.15) is 29.2 Å². The van der Waals surface area contributed by atoms with Crippen LogP contribution in [0.5, 0.6) is 17.2 Å². The molecule has 170 valence electrons. The number of aliphatic hydroxyl groups excluding tert-OH is 1. The maximum Gasteiger partial charge on any atom is 0.295 e. The van der Waals surface area contributed by atoms with Crippen molar-refractivity contribution in [3.63, 3.8) is 0 Å². The second-order valence-electron chi connectivity index (χ2n) is 7.45. The molecule has 0 spiro atoms. The molecule has 8 nitrogen and oxygen atoms in total. The number of likely N-dealkylation sites (tertiary alicyclic amines) is 1. The van der Waals surface area contributed by atoms with Crippen molar-refractivity contribution in [1.82, 2.24) is 4.90 Å². The number of ketones is 1. The number of aryl methyl sites for hydroxylation is 1. The molecule has 2 aromatic rings. The number of phenols is 1. The van der Waals surface area contributed by atoms with Gasteiger partial charge in [-0.25, -0.2) is 0 Å². The summed E-state index contributed by atoms with van der Waals surface area (Å²) in [7, 11) is 4.51. The molecule has 1 atom stereocenters. The first kappa shape index (κ1) is 23.1. The van der Waals surface area contributed by atoms with Gasteiger partial charge in [-0.05, 0) is 54.8 Å². The van der Waals surface area contributed by atoms with Crippen LogP contribution in [0.25, 0.3) is 5.76 Å². The molecule has 1 amide bonds. The second-order valence-corrected chi connectivity index (χ2v) is 7.45. The number of carbonyl (C=O) groups is 2. The Morgan fingerprint density at radius 3 is 2.44 bits per heavy atom. The fourth-order valence-corrected chi connectivity index (χ4v) is 3.87. The van der Waals surface area contributed by atoms with Gasteiger partial charge in [-0.1, -0.05) is 6.07 Å². The highest BCUT2D eigenvalue weighted by Gasteiger charge is 2.46. The van der Waals surface area contributed by atoms with Gasteiger partial charge in [0, 0.05) is 25.8 Å². The number of aliphatic hydroxyl groups is 1. The maximum atomic E-state index is 13.1. The lowest BCUT2D eigenvalue weighted by Crippen LogP contribution is -2.31. The Bertz CT molecular complexity index is 1060. The minimum absolute atomic E-state index is 0.0200. The number of aromatic hydroxyl groups is 1. The molecule has 0 saturated carbocycles. The SMILES string of the molecule is COCCCN1C(=O)C(=O)C(=C(O)c2ccc(OC)cc2C)[C@@H]1c1ccc(O)c(OC)c1. The molecule has 0 bridgehead atoms. The lowest BCUT2D eigenvalue weighted by Gasteiger charge is -2.26. The number of nitrogens with zero attached hydrogens (tertiary/aromatic N) is 1. The highest BCUT2D eigenvalue weighted by molar-refractivity contribution is 6.46. The molecule has 0 radical (unpaired) electrons. The molecule has 0 unspecified atom stereocenters. The standard InChI is InChI=1S/C24H27NO7/c1-14-12-16(31-3)7-8-17(14)22(27)20-21(15-6-9-18(26)19(13-15)32-4)25(10-5-11-30-2)24(29)23(20)28/h6-9,12-13,21,26-27H,5,10-11H2,1-4H3/t21-/m0/s1. The first-order valence-electron chi connectivity index (χ1n) is 10.1. The Morgan fingerprint density at radius 2 is 1.81 bits per heavy atom. The molecule has 1 aliphatic rings. The molecule has 8 heteroatoms. The van der Waals surface area contributed by atoms with Crippen molar-refractivity contribution in [2.24, 2.45) is 0 Å². The Balaban J connectivity index is 2.18. The van der Waals surface area contributed by atoms with Crippen LogP contribution in [0.2, 0.25) is 0 Å². The molecular formula is C24H27NO7. The van der Waals surface area contributed by atoms with E-state index in [9.17, 15) is 19.8 Å². The van der Waals surface area contributed by atoms with Crippen molar-refractivity contribution in [1.29, 1.82) is 0 Å². The van der Waals surface area contributed by atoms with Crippen molar-refractivity contribution < 1.29 is 34.0 Å². The number of ether oxygens (including phenoxy) is 3. The molecule has 0 aliphatic carbocycles. The maximum absolute atomic E-state index is 13.1. The van der Waals surface area contributed by atoms with Gasteiger partial charge in [0.05, 0.1) is 25.8 Å². The summed E-state index contributed by atoms with van der Waals surface area (Å²) < 4.78 is 15.5. The number of Topliss-reactive ketones (excluding diaryl/α,β-unsaturated/α-hetero) is 1. The molecule has 0 aromatic heterocycles. The van der Waals surface area contributed by atoms with E-state index >= 15 is 0 Å². The topological polar surface area (TPSA) is 106 Å².